The average molecular weight is 367 g/mol. The number of thiophene rings is 1. The van der Waals surface area contributed by atoms with Crippen LogP contribution in [0.1, 0.15) is 15.2 Å². The molecule has 0 bridgehead atoms. The van der Waals surface area contributed by atoms with Gasteiger partial charge in [0.05, 0.1) is 23.4 Å². The van der Waals surface area contributed by atoms with E-state index in [0.29, 0.717) is 26.3 Å². The second kappa shape index (κ2) is 8.52. The van der Waals surface area contributed by atoms with Crippen LogP contribution in [0.2, 0.25) is 4.34 Å². The number of esters is 1. The molecule has 0 saturated heterocycles. The lowest BCUT2D eigenvalue weighted by Gasteiger charge is -2.09. The van der Waals surface area contributed by atoms with E-state index in [1.165, 1.54) is 26.4 Å². The highest BCUT2D eigenvalue weighted by Gasteiger charge is 2.11. The largest absolute Gasteiger partial charge is 0.493 e. The van der Waals surface area contributed by atoms with E-state index in [2.05, 4.69) is 0 Å². The van der Waals surface area contributed by atoms with Crippen molar-refractivity contribution >= 4 is 40.8 Å². The first kappa shape index (κ1) is 18.0. The molecule has 0 radical (unpaired) electrons. The van der Waals surface area contributed by atoms with Gasteiger partial charge in [-0.2, -0.15) is 0 Å². The Balaban J connectivity index is 1.97. The molecule has 1 aromatic carbocycles. The number of hydrogen-bond donors (Lipinski definition) is 0. The number of carbonyl (C=O) groups excluding carboxylic acids is 2. The van der Waals surface area contributed by atoms with Gasteiger partial charge in [-0.1, -0.05) is 23.7 Å². The summed E-state index contributed by atoms with van der Waals surface area (Å²) in [6.45, 7) is -0.338. The minimum atomic E-state index is -0.629. The first-order valence-corrected chi connectivity index (χ1v) is 8.09. The standard InChI is InChI=1S/C17H15ClO5S/c1-21-13-5-3-4-11(17(13)22-2)6-9-16(20)23-10-12(19)14-7-8-15(18)24-14/h3-9H,10H2,1-2H3. The highest BCUT2D eigenvalue weighted by atomic mass is 35.5. The molecule has 2 aromatic rings. The molecule has 0 N–H and O–H groups in total. The van der Waals surface area contributed by atoms with Gasteiger partial charge in [-0.15, -0.1) is 11.3 Å². The van der Waals surface area contributed by atoms with Crippen LogP contribution >= 0.6 is 22.9 Å². The zero-order valence-electron chi connectivity index (χ0n) is 13.1. The van der Waals surface area contributed by atoms with Crippen molar-refractivity contribution in [2.75, 3.05) is 20.8 Å². The lowest BCUT2D eigenvalue weighted by atomic mass is 10.1. The van der Waals surface area contributed by atoms with Gasteiger partial charge in [-0.25, -0.2) is 4.79 Å². The van der Waals surface area contributed by atoms with Crippen LogP contribution < -0.4 is 9.47 Å². The second-order valence-corrected chi connectivity index (χ2v) is 6.27. The molecule has 0 fully saturated rings. The average Bonchev–Trinajstić information content (AvgIpc) is 3.03. The lowest BCUT2D eigenvalue weighted by molar-refractivity contribution is -0.136. The maximum absolute atomic E-state index is 11.8. The number of Topliss-reactive ketones (excluding diaryl/α,β-unsaturated/α-hetero) is 1. The van der Waals surface area contributed by atoms with Crippen LogP contribution in [0.5, 0.6) is 11.5 Å². The molecule has 2 rings (SSSR count). The topological polar surface area (TPSA) is 61.8 Å². The van der Waals surface area contributed by atoms with Crippen LogP contribution in [0.15, 0.2) is 36.4 Å². The minimum Gasteiger partial charge on any atom is -0.493 e. The summed E-state index contributed by atoms with van der Waals surface area (Å²) < 4.78 is 15.9. The molecule has 0 spiro atoms. The lowest BCUT2D eigenvalue weighted by Crippen LogP contribution is -2.11. The van der Waals surface area contributed by atoms with Gasteiger partial charge >= 0.3 is 5.97 Å². The normalized spacial score (nSPS) is 10.6. The van der Waals surface area contributed by atoms with E-state index in [9.17, 15) is 9.59 Å². The smallest absolute Gasteiger partial charge is 0.331 e. The van der Waals surface area contributed by atoms with Crippen LogP contribution in [0.4, 0.5) is 0 Å². The number of rotatable bonds is 7. The number of para-hydroxylation sites is 1. The van der Waals surface area contributed by atoms with Crippen molar-refractivity contribution in [3.8, 4) is 11.5 Å². The summed E-state index contributed by atoms with van der Waals surface area (Å²) in [7, 11) is 3.04. The fourth-order valence-corrected chi connectivity index (χ4v) is 2.89. The Morgan fingerprint density at radius 1 is 1.17 bits per heavy atom. The quantitative estimate of drug-likeness (QED) is 0.423. The highest BCUT2D eigenvalue weighted by Crippen LogP contribution is 2.31. The van der Waals surface area contributed by atoms with Gasteiger partial charge in [-0.3, -0.25) is 4.79 Å². The van der Waals surface area contributed by atoms with Crippen molar-refractivity contribution in [2.45, 2.75) is 0 Å². The van der Waals surface area contributed by atoms with Crippen LogP contribution in [0.3, 0.4) is 0 Å². The summed E-state index contributed by atoms with van der Waals surface area (Å²) in [6.07, 6.45) is 2.77. The van der Waals surface area contributed by atoms with Crippen molar-refractivity contribution in [3.63, 3.8) is 0 Å². The molecule has 5 nitrogen and oxygen atoms in total. The molecular weight excluding hydrogens is 352 g/mol. The SMILES string of the molecule is COc1cccc(C=CC(=O)OCC(=O)c2ccc(Cl)s2)c1OC. The van der Waals surface area contributed by atoms with Crippen molar-refractivity contribution in [1.82, 2.24) is 0 Å². The monoisotopic (exact) mass is 366 g/mol. The van der Waals surface area contributed by atoms with Crippen molar-refractivity contribution in [1.29, 1.82) is 0 Å². The van der Waals surface area contributed by atoms with Gasteiger partial charge in [0, 0.05) is 11.6 Å². The predicted molar refractivity (Wildman–Crippen MR) is 93.2 cm³/mol. The molecule has 0 amide bonds. The number of ether oxygens (including phenoxy) is 3. The summed E-state index contributed by atoms with van der Waals surface area (Å²) in [5.74, 6) is 0.134. The molecular formula is C17H15ClO5S. The molecule has 0 unspecified atom stereocenters. The first-order valence-electron chi connectivity index (χ1n) is 6.89. The number of benzene rings is 1. The number of carbonyl (C=O) groups is 2. The van der Waals surface area contributed by atoms with E-state index in [1.54, 1.807) is 30.3 Å². The molecule has 1 aromatic heterocycles. The van der Waals surface area contributed by atoms with Gasteiger partial charge in [0.2, 0.25) is 5.78 Å². The number of ketones is 1. The second-order valence-electron chi connectivity index (χ2n) is 4.55. The van der Waals surface area contributed by atoms with Crippen molar-refractivity contribution in [3.05, 3.63) is 51.2 Å². The van der Waals surface area contributed by atoms with E-state index in [0.717, 1.165) is 11.3 Å². The Labute approximate surface area is 148 Å². The fourth-order valence-electron chi connectivity index (χ4n) is 1.92. The molecule has 0 aliphatic carbocycles. The number of halogens is 1. The maximum atomic E-state index is 11.8. The highest BCUT2D eigenvalue weighted by molar-refractivity contribution is 7.18. The third-order valence-corrected chi connectivity index (χ3v) is 4.30. The van der Waals surface area contributed by atoms with Gasteiger partial charge < -0.3 is 14.2 Å². The molecule has 0 atom stereocenters. The molecule has 7 heteroatoms. The summed E-state index contributed by atoms with van der Waals surface area (Å²) in [4.78, 5) is 24.0. The fraction of sp³-hybridized carbons (Fsp3) is 0.176. The first-order chi connectivity index (χ1) is 11.5. The van der Waals surface area contributed by atoms with E-state index >= 15 is 0 Å². The molecule has 0 saturated carbocycles. The Bertz CT molecular complexity index is 766. The van der Waals surface area contributed by atoms with Crippen LogP contribution in [-0.2, 0) is 9.53 Å². The van der Waals surface area contributed by atoms with Gasteiger partial charge in [0.25, 0.3) is 0 Å². The van der Waals surface area contributed by atoms with Crippen molar-refractivity contribution < 1.29 is 23.8 Å². The maximum Gasteiger partial charge on any atom is 0.331 e. The van der Waals surface area contributed by atoms with Gasteiger partial charge in [0.1, 0.15) is 0 Å². The summed E-state index contributed by atoms with van der Waals surface area (Å²) >= 11 is 6.91. The Hall–Kier alpha value is -2.31. The number of methoxy groups -OCH3 is 2. The van der Waals surface area contributed by atoms with Gasteiger partial charge in [-0.05, 0) is 24.3 Å². The zero-order chi connectivity index (χ0) is 17.5. The van der Waals surface area contributed by atoms with Crippen LogP contribution in [0.25, 0.3) is 6.08 Å². The van der Waals surface area contributed by atoms with E-state index in [4.69, 9.17) is 25.8 Å². The Morgan fingerprint density at radius 2 is 1.96 bits per heavy atom. The van der Waals surface area contributed by atoms with E-state index in [1.807, 2.05) is 0 Å². The third kappa shape index (κ3) is 4.59. The number of hydrogen-bond acceptors (Lipinski definition) is 6. The zero-order valence-corrected chi connectivity index (χ0v) is 14.6. The molecule has 0 aliphatic rings. The van der Waals surface area contributed by atoms with Crippen LogP contribution in [-0.4, -0.2) is 32.6 Å². The van der Waals surface area contributed by atoms with Crippen LogP contribution in [0, 0.1) is 0 Å². The summed E-state index contributed by atoms with van der Waals surface area (Å²) in [5.41, 5.74) is 0.658. The molecule has 126 valence electrons. The third-order valence-electron chi connectivity index (χ3n) is 3.03. The summed E-state index contributed by atoms with van der Waals surface area (Å²) in [5, 5.41) is 0. The molecule has 24 heavy (non-hydrogen) atoms. The summed E-state index contributed by atoms with van der Waals surface area (Å²) in [6, 6.07) is 8.51. The minimum absolute atomic E-state index is 0.299. The van der Waals surface area contributed by atoms with E-state index < -0.39 is 5.97 Å². The predicted octanol–water partition coefficient (Wildman–Crippen LogP) is 3.86. The Kier molecular flexibility index (Phi) is 6.40. The van der Waals surface area contributed by atoms with E-state index in [-0.39, 0.29) is 12.4 Å². The van der Waals surface area contributed by atoms with Gasteiger partial charge in [0.15, 0.2) is 18.1 Å². The Morgan fingerprint density at radius 3 is 2.58 bits per heavy atom. The molecule has 1 heterocycles. The molecule has 0 aliphatic heterocycles. The van der Waals surface area contributed by atoms with Crippen molar-refractivity contribution in [2.24, 2.45) is 0 Å².